The van der Waals surface area contributed by atoms with Crippen LogP contribution in [-0.4, -0.2) is 57.9 Å². The molecule has 1 saturated heterocycles. The van der Waals surface area contributed by atoms with Crippen molar-refractivity contribution < 1.29 is 36.9 Å². The van der Waals surface area contributed by atoms with E-state index in [-0.39, 0.29) is 47.4 Å². The predicted octanol–water partition coefficient (Wildman–Crippen LogP) is 6.03. The van der Waals surface area contributed by atoms with Crippen LogP contribution >= 0.6 is 0 Å². The average molecular weight is 662 g/mol. The first-order valence-electron chi connectivity index (χ1n) is 14.9. The third-order valence-electron chi connectivity index (χ3n) is 8.13. The fourth-order valence-corrected chi connectivity index (χ4v) is 5.60. The molecule has 0 saturated carbocycles. The minimum absolute atomic E-state index is 0.0239. The summed E-state index contributed by atoms with van der Waals surface area (Å²) in [6, 6.07) is 13.1. The van der Waals surface area contributed by atoms with Gasteiger partial charge < -0.3 is 19.1 Å². The SMILES string of the molecule is Cn1nc(COc2cccc(-c3cc(F)c(Cc4nc5ccc(C(=O)O)cc5n4C[C@@H]4CCO4)cc3F)n2)cc1-c1cnn(C(F)F)c1. The van der Waals surface area contributed by atoms with Crippen molar-refractivity contribution in [1.82, 2.24) is 34.1 Å². The van der Waals surface area contributed by atoms with Gasteiger partial charge in [0.2, 0.25) is 5.88 Å². The number of carbonyl (C=O) groups is 1. The molecule has 1 atom stereocenters. The molecular weight excluding hydrogens is 634 g/mol. The molecule has 1 aliphatic heterocycles. The number of pyridine rings is 1. The monoisotopic (exact) mass is 661 g/mol. The summed E-state index contributed by atoms with van der Waals surface area (Å²) in [4.78, 5) is 20.6. The molecule has 2 aromatic carbocycles. The van der Waals surface area contributed by atoms with E-state index in [9.17, 15) is 18.7 Å². The first kappa shape index (κ1) is 31.1. The number of ether oxygens (including phenoxy) is 2. The quantitative estimate of drug-likeness (QED) is 0.167. The second kappa shape index (κ2) is 12.6. The van der Waals surface area contributed by atoms with Crippen LogP contribution in [0.3, 0.4) is 0 Å². The van der Waals surface area contributed by atoms with Gasteiger partial charge in [-0.2, -0.15) is 19.0 Å². The molecule has 1 fully saturated rings. The molecule has 1 N–H and O–H groups in total. The van der Waals surface area contributed by atoms with E-state index in [1.165, 1.54) is 35.3 Å². The molecule has 246 valence electrons. The zero-order chi connectivity index (χ0) is 33.5. The molecule has 6 aromatic rings. The van der Waals surface area contributed by atoms with Gasteiger partial charge in [-0.05, 0) is 54.4 Å². The topological polar surface area (TPSA) is 122 Å². The van der Waals surface area contributed by atoms with E-state index in [0.29, 0.717) is 51.6 Å². The van der Waals surface area contributed by atoms with Gasteiger partial charge in [-0.1, -0.05) is 6.07 Å². The first-order valence-corrected chi connectivity index (χ1v) is 14.9. The highest BCUT2D eigenvalue weighted by molar-refractivity contribution is 5.92. The molecule has 11 nitrogen and oxygen atoms in total. The second-order valence-electron chi connectivity index (χ2n) is 11.3. The van der Waals surface area contributed by atoms with Gasteiger partial charge in [-0.25, -0.2) is 28.2 Å². The van der Waals surface area contributed by atoms with E-state index in [2.05, 4.69) is 20.2 Å². The number of rotatable bonds is 11. The highest BCUT2D eigenvalue weighted by atomic mass is 19.3. The number of carboxylic acids is 1. The number of fused-ring (bicyclic) bond motifs is 1. The van der Waals surface area contributed by atoms with Crippen LogP contribution in [0, 0.1) is 11.6 Å². The maximum atomic E-state index is 15.6. The van der Waals surface area contributed by atoms with E-state index in [1.807, 2.05) is 0 Å². The number of halogens is 4. The number of hydrogen-bond acceptors (Lipinski definition) is 7. The van der Waals surface area contributed by atoms with Gasteiger partial charge >= 0.3 is 12.5 Å². The lowest BCUT2D eigenvalue weighted by atomic mass is 10.0. The van der Waals surface area contributed by atoms with E-state index < -0.39 is 24.2 Å². The third-order valence-corrected chi connectivity index (χ3v) is 8.13. The summed E-state index contributed by atoms with van der Waals surface area (Å²) in [5.41, 5.74) is 2.84. The fraction of sp³-hybridized carbons (Fsp3) is 0.242. The van der Waals surface area contributed by atoms with Crippen LogP contribution in [0.25, 0.3) is 33.5 Å². The van der Waals surface area contributed by atoms with Gasteiger partial charge in [0.15, 0.2) is 0 Å². The van der Waals surface area contributed by atoms with Crippen molar-refractivity contribution in [1.29, 1.82) is 0 Å². The van der Waals surface area contributed by atoms with Crippen molar-refractivity contribution in [3.8, 4) is 28.4 Å². The van der Waals surface area contributed by atoms with Crippen LogP contribution < -0.4 is 4.74 Å². The van der Waals surface area contributed by atoms with Crippen molar-refractivity contribution in [2.45, 2.75) is 38.6 Å². The van der Waals surface area contributed by atoms with Crippen LogP contribution in [0.5, 0.6) is 5.88 Å². The lowest BCUT2D eigenvalue weighted by molar-refractivity contribution is -0.0589. The molecule has 0 amide bonds. The summed E-state index contributed by atoms with van der Waals surface area (Å²) in [5.74, 6) is -1.86. The standard InChI is InChI=1S/C33H27F4N7O4/c1-42-28(20-14-38-44(15-20)33(36)37)12-21(41-42)17-48-31-4-2-3-26(40-31)23-13-24(34)19(9-25(23)35)11-30-39-27-6-5-18(32(45)46)10-29(27)43(30)16-22-7-8-47-22/h2-6,9-10,12-15,22,33H,7-8,11,16-17H2,1H3,(H,45,46)/t22-/m0/s1. The van der Waals surface area contributed by atoms with E-state index >= 15 is 8.78 Å². The van der Waals surface area contributed by atoms with Crippen LogP contribution in [-0.2, 0) is 31.4 Å². The van der Waals surface area contributed by atoms with Crippen molar-refractivity contribution in [2.24, 2.45) is 7.05 Å². The molecule has 48 heavy (non-hydrogen) atoms. The van der Waals surface area contributed by atoms with Gasteiger partial charge in [0.1, 0.15) is 29.8 Å². The molecule has 0 unspecified atom stereocenters. The number of nitrogens with zero attached hydrogens (tertiary/aromatic N) is 7. The van der Waals surface area contributed by atoms with Crippen molar-refractivity contribution in [3.63, 3.8) is 0 Å². The number of alkyl halides is 2. The Hall–Kier alpha value is -5.57. The van der Waals surface area contributed by atoms with Crippen LogP contribution in [0.4, 0.5) is 17.6 Å². The molecule has 15 heteroatoms. The van der Waals surface area contributed by atoms with Crippen molar-refractivity contribution in [3.05, 3.63) is 101 Å². The zero-order valence-corrected chi connectivity index (χ0v) is 25.4. The minimum Gasteiger partial charge on any atom is -0.478 e. The van der Waals surface area contributed by atoms with Crippen LogP contribution in [0.2, 0.25) is 0 Å². The summed E-state index contributed by atoms with van der Waals surface area (Å²) in [7, 11) is 1.66. The van der Waals surface area contributed by atoms with Gasteiger partial charge in [-0.3, -0.25) is 4.68 Å². The van der Waals surface area contributed by atoms with Gasteiger partial charge in [0.25, 0.3) is 0 Å². The summed E-state index contributed by atoms with van der Waals surface area (Å²) < 4.78 is 72.2. The molecular formula is C33H27F4N7O4. The number of aromatic carboxylic acids is 1. The van der Waals surface area contributed by atoms with Crippen LogP contribution in [0.15, 0.2) is 67.0 Å². The number of aromatic nitrogens is 7. The Morgan fingerprint density at radius 2 is 1.94 bits per heavy atom. The summed E-state index contributed by atoms with van der Waals surface area (Å²) in [6.45, 7) is -1.77. The first-order chi connectivity index (χ1) is 23.1. The molecule has 7 rings (SSSR count). The van der Waals surface area contributed by atoms with E-state index in [0.717, 1.165) is 18.6 Å². The number of imidazole rings is 1. The zero-order valence-electron chi connectivity index (χ0n) is 25.4. The lowest BCUT2D eigenvalue weighted by Gasteiger charge is -2.27. The average Bonchev–Trinajstić information content (AvgIpc) is 3.76. The van der Waals surface area contributed by atoms with Crippen molar-refractivity contribution >= 4 is 17.0 Å². The molecule has 0 spiro atoms. The van der Waals surface area contributed by atoms with Gasteiger partial charge in [0.05, 0.1) is 46.8 Å². The fourth-order valence-electron chi connectivity index (χ4n) is 5.60. The van der Waals surface area contributed by atoms with Gasteiger partial charge in [0, 0.05) is 43.5 Å². The van der Waals surface area contributed by atoms with Gasteiger partial charge in [-0.15, -0.1) is 0 Å². The highest BCUT2D eigenvalue weighted by Gasteiger charge is 2.24. The van der Waals surface area contributed by atoms with Crippen LogP contribution in [0.1, 0.15) is 40.4 Å². The molecule has 0 radical (unpaired) electrons. The maximum Gasteiger partial charge on any atom is 0.335 e. The molecule has 4 aromatic heterocycles. The Labute approximate surface area is 270 Å². The number of aryl methyl sites for hydroxylation is 1. The molecule has 1 aliphatic rings. The normalized spacial score (nSPS) is 14.5. The number of benzene rings is 2. The molecule has 5 heterocycles. The van der Waals surface area contributed by atoms with Crippen molar-refractivity contribution in [2.75, 3.05) is 6.61 Å². The summed E-state index contributed by atoms with van der Waals surface area (Å²) in [6.07, 6.45) is 3.22. The maximum absolute atomic E-state index is 15.6. The summed E-state index contributed by atoms with van der Waals surface area (Å²) >= 11 is 0. The lowest BCUT2D eigenvalue weighted by Crippen LogP contribution is -2.31. The molecule has 0 aliphatic carbocycles. The Kier molecular flexibility index (Phi) is 8.12. The number of hydrogen-bond donors (Lipinski definition) is 1. The van der Waals surface area contributed by atoms with E-state index in [4.69, 9.17) is 9.47 Å². The largest absolute Gasteiger partial charge is 0.478 e. The third kappa shape index (κ3) is 6.11. The Bertz CT molecular complexity index is 2160. The highest BCUT2D eigenvalue weighted by Crippen LogP contribution is 2.29. The second-order valence-corrected chi connectivity index (χ2v) is 11.3. The Morgan fingerprint density at radius 3 is 2.67 bits per heavy atom. The molecule has 0 bridgehead atoms. The Morgan fingerprint density at radius 1 is 1.10 bits per heavy atom. The predicted molar refractivity (Wildman–Crippen MR) is 163 cm³/mol. The Balaban J connectivity index is 1.10. The van der Waals surface area contributed by atoms with E-state index in [1.54, 1.807) is 35.9 Å². The smallest absolute Gasteiger partial charge is 0.335 e. The summed E-state index contributed by atoms with van der Waals surface area (Å²) in [5, 5.41) is 17.5. The minimum atomic E-state index is -2.76. The number of carboxylic acid groups (broad SMARTS) is 1.